The molecule has 3 nitrogen and oxygen atoms in total. The second-order valence-electron chi connectivity index (χ2n) is 5.26. The Hall–Kier alpha value is -1.32. The van der Waals surface area contributed by atoms with Gasteiger partial charge in [0.25, 0.3) is 0 Å². The van der Waals surface area contributed by atoms with Crippen LogP contribution in [0.25, 0.3) is 5.57 Å². The molecule has 0 radical (unpaired) electrons. The molecule has 1 heterocycles. The van der Waals surface area contributed by atoms with Gasteiger partial charge in [0.1, 0.15) is 5.75 Å². The van der Waals surface area contributed by atoms with Crippen LogP contribution < -0.4 is 4.74 Å². The SMILES string of the molecule is CCOc1ccc(C2=CCN(C[C@H](O)CC)CC2)cc1. The van der Waals surface area contributed by atoms with E-state index in [1.54, 1.807) is 0 Å². The summed E-state index contributed by atoms with van der Waals surface area (Å²) in [6, 6.07) is 8.33. The summed E-state index contributed by atoms with van der Waals surface area (Å²) in [5.74, 6) is 0.931. The van der Waals surface area contributed by atoms with Crippen molar-refractivity contribution in [3.05, 3.63) is 35.9 Å². The molecule has 0 bridgehead atoms. The molecular weight excluding hydrogens is 250 g/mol. The monoisotopic (exact) mass is 275 g/mol. The third-order valence-electron chi connectivity index (χ3n) is 3.77. The second-order valence-corrected chi connectivity index (χ2v) is 5.26. The molecule has 0 aromatic heterocycles. The van der Waals surface area contributed by atoms with Crippen molar-refractivity contribution >= 4 is 5.57 Å². The van der Waals surface area contributed by atoms with E-state index in [0.29, 0.717) is 6.61 Å². The molecule has 2 rings (SSSR count). The lowest BCUT2D eigenvalue weighted by atomic mass is 9.99. The van der Waals surface area contributed by atoms with Gasteiger partial charge in [-0.3, -0.25) is 4.90 Å². The molecule has 0 aliphatic carbocycles. The molecule has 20 heavy (non-hydrogen) atoms. The minimum atomic E-state index is -0.199. The summed E-state index contributed by atoms with van der Waals surface area (Å²) in [6.45, 7) is 7.46. The van der Waals surface area contributed by atoms with Gasteiger partial charge < -0.3 is 9.84 Å². The van der Waals surface area contributed by atoms with E-state index < -0.39 is 0 Å². The number of ether oxygens (including phenoxy) is 1. The number of rotatable bonds is 6. The van der Waals surface area contributed by atoms with Gasteiger partial charge in [-0.1, -0.05) is 25.1 Å². The van der Waals surface area contributed by atoms with Crippen molar-refractivity contribution in [2.45, 2.75) is 32.8 Å². The summed E-state index contributed by atoms with van der Waals surface area (Å²) < 4.78 is 5.47. The highest BCUT2D eigenvalue weighted by Gasteiger charge is 2.15. The van der Waals surface area contributed by atoms with Crippen molar-refractivity contribution in [3.63, 3.8) is 0 Å². The fraction of sp³-hybridized carbons (Fsp3) is 0.529. The van der Waals surface area contributed by atoms with Gasteiger partial charge in [0.2, 0.25) is 0 Å². The molecule has 0 fully saturated rings. The molecule has 1 N–H and O–H groups in total. The summed E-state index contributed by atoms with van der Waals surface area (Å²) in [4.78, 5) is 2.31. The van der Waals surface area contributed by atoms with E-state index >= 15 is 0 Å². The molecule has 1 aromatic carbocycles. The van der Waals surface area contributed by atoms with E-state index in [0.717, 1.165) is 38.2 Å². The lowest BCUT2D eigenvalue weighted by Gasteiger charge is -2.28. The van der Waals surface area contributed by atoms with Crippen LogP contribution in [0.2, 0.25) is 0 Å². The quantitative estimate of drug-likeness (QED) is 0.866. The molecule has 0 spiro atoms. The maximum atomic E-state index is 9.70. The van der Waals surface area contributed by atoms with Crippen molar-refractivity contribution in [2.24, 2.45) is 0 Å². The minimum Gasteiger partial charge on any atom is -0.494 e. The Bertz CT molecular complexity index is 439. The standard InChI is InChI=1S/C17H25NO2/c1-3-16(19)13-18-11-9-15(10-12-18)14-5-7-17(8-6-14)20-4-2/h5-9,16,19H,3-4,10-13H2,1-2H3/t16-/m1/s1. The van der Waals surface area contributed by atoms with E-state index in [1.807, 2.05) is 26.0 Å². The third-order valence-corrected chi connectivity index (χ3v) is 3.77. The Morgan fingerprint density at radius 2 is 2.00 bits per heavy atom. The predicted molar refractivity (Wildman–Crippen MR) is 82.9 cm³/mol. The topological polar surface area (TPSA) is 32.7 Å². The minimum absolute atomic E-state index is 0.199. The summed E-state index contributed by atoms with van der Waals surface area (Å²) in [5, 5.41) is 9.70. The Morgan fingerprint density at radius 3 is 2.55 bits per heavy atom. The first-order chi connectivity index (χ1) is 9.72. The van der Waals surface area contributed by atoms with Crippen LogP contribution in [0.5, 0.6) is 5.75 Å². The van der Waals surface area contributed by atoms with Crippen molar-refractivity contribution < 1.29 is 9.84 Å². The average molecular weight is 275 g/mol. The molecule has 1 atom stereocenters. The summed E-state index contributed by atoms with van der Waals surface area (Å²) in [5.41, 5.74) is 2.68. The van der Waals surface area contributed by atoms with Crippen LogP contribution in [0, 0.1) is 0 Å². The van der Waals surface area contributed by atoms with Gasteiger partial charge in [-0.05, 0) is 43.0 Å². The van der Waals surface area contributed by atoms with Crippen LogP contribution in [-0.2, 0) is 0 Å². The zero-order chi connectivity index (χ0) is 14.4. The maximum absolute atomic E-state index is 9.70. The van der Waals surface area contributed by atoms with Gasteiger partial charge in [-0.25, -0.2) is 0 Å². The number of β-amino-alcohol motifs (C(OH)–C–C–N with tert-alkyl or cyclic N) is 1. The zero-order valence-corrected chi connectivity index (χ0v) is 12.5. The van der Waals surface area contributed by atoms with Gasteiger partial charge in [-0.15, -0.1) is 0 Å². The fourth-order valence-electron chi connectivity index (χ4n) is 2.50. The van der Waals surface area contributed by atoms with E-state index in [9.17, 15) is 5.11 Å². The van der Waals surface area contributed by atoms with Crippen LogP contribution in [0.1, 0.15) is 32.3 Å². The molecule has 1 aliphatic heterocycles. The van der Waals surface area contributed by atoms with E-state index in [1.165, 1.54) is 11.1 Å². The Balaban J connectivity index is 1.94. The molecule has 0 amide bonds. The third kappa shape index (κ3) is 4.09. The molecule has 3 heteroatoms. The molecular formula is C17H25NO2. The highest BCUT2D eigenvalue weighted by molar-refractivity contribution is 5.67. The fourth-order valence-corrected chi connectivity index (χ4v) is 2.50. The van der Waals surface area contributed by atoms with Crippen molar-refractivity contribution in [1.29, 1.82) is 0 Å². The summed E-state index contributed by atoms with van der Waals surface area (Å²) in [6.07, 6.45) is 3.95. The Labute approximate surface area is 121 Å². The van der Waals surface area contributed by atoms with Crippen LogP contribution >= 0.6 is 0 Å². The largest absolute Gasteiger partial charge is 0.494 e. The van der Waals surface area contributed by atoms with Gasteiger partial charge in [0, 0.05) is 19.6 Å². The van der Waals surface area contributed by atoms with Gasteiger partial charge >= 0.3 is 0 Å². The molecule has 0 saturated heterocycles. The average Bonchev–Trinajstić information content (AvgIpc) is 2.49. The van der Waals surface area contributed by atoms with E-state index in [4.69, 9.17) is 4.74 Å². The first-order valence-corrected chi connectivity index (χ1v) is 7.55. The normalized spacial score (nSPS) is 17.6. The summed E-state index contributed by atoms with van der Waals surface area (Å²) >= 11 is 0. The van der Waals surface area contributed by atoms with Crippen LogP contribution in [0.4, 0.5) is 0 Å². The van der Waals surface area contributed by atoms with E-state index in [-0.39, 0.29) is 6.10 Å². The molecule has 1 aromatic rings. The second kappa shape index (κ2) is 7.46. The van der Waals surface area contributed by atoms with Gasteiger partial charge in [-0.2, -0.15) is 0 Å². The lowest BCUT2D eigenvalue weighted by molar-refractivity contribution is 0.115. The highest BCUT2D eigenvalue weighted by Crippen LogP contribution is 2.24. The van der Waals surface area contributed by atoms with Crippen LogP contribution in [0.3, 0.4) is 0 Å². The van der Waals surface area contributed by atoms with Crippen molar-refractivity contribution in [3.8, 4) is 5.75 Å². The number of aliphatic hydroxyl groups is 1. The first-order valence-electron chi connectivity index (χ1n) is 7.55. The number of aliphatic hydroxyl groups excluding tert-OH is 1. The Morgan fingerprint density at radius 1 is 1.25 bits per heavy atom. The first kappa shape index (κ1) is 15.1. The number of benzene rings is 1. The lowest BCUT2D eigenvalue weighted by Crippen LogP contribution is -2.35. The molecule has 1 aliphatic rings. The predicted octanol–water partition coefficient (Wildman–Crippen LogP) is 2.95. The van der Waals surface area contributed by atoms with Crippen LogP contribution in [-0.4, -0.2) is 42.4 Å². The number of hydrogen-bond donors (Lipinski definition) is 1. The van der Waals surface area contributed by atoms with Crippen molar-refractivity contribution in [1.82, 2.24) is 4.90 Å². The van der Waals surface area contributed by atoms with Gasteiger partial charge in [0.15, 0.2) is 0 Å². The number of hydrogen-bond acceptors (Lipinski definition) is 3. The van der Waals surface area contributed by atoms with E-state index in [2.05, 4.69) is 23.1 Å². The van der Waals surface area contributed by atoms with Gasteiger partial charge in [0.05, 0.1) is 12.7 Å². The molecule has 110 valence electrons. The number of nitrogens with zero attached hydrogens (tertiary/aromatic N) is 1. The van der Waals surface area contributed by atoms with Crippen LogP contribution in [0.15, 0.2) is 30.3 Å². The molecule has 0 unspecified atom stereocenters. The molecule has 0 saturated carbocycles. The summed E-state index contributed by atoms with van der Waals surface area (Å²) in [7, 11) is 0. The maximum Gasteiger partial charge on any atom is 0.119 e. The van der Waals surface area contributed by atoms with Crippen molar-refractivity contribution in [2.75, 3.05) is 26.2 Å². The smallest absolute Gasteiger partial charge is 0.119 e. The Kier molecular flexibility index (Phi) is 5.62. The zero-order valence-electron chi connectivity index (χ0n) is 12.5. The highest BCUT2D eigenvalue weighted by atomic mass is 16.5.